The third-order valence-electron chi connectivity index (χ3n) is 5.78. The maximum atomic E-state index is 3.87. The van der Waals surface area contributed by atoms with Crippen LogP contribution in [0, 0.1) is 24.7 Å². The van der Waals surface area contributed by atoms with Crippen molar-refractivity contribution in [3.63, 3.8) is 0 Å². The molecule has 2 saturated carbocycles. The number of nitrogens with one attached hydrogen (secondary N) is 1. The molecule has 3 rings (SSSR count). The van der Waals surface area contributed by atoms with Gasteiger partial charge in [-0.2, -0.15) is 0 Å². The highest BCUT2D eigenvalue weighted by Gasteiger charge is 2.35. The van der Waals surface area contributed by atoms with Gasteiger partial charge in [-0.25, -0.2) is 0 Å². The standard InChI is InChI=1S/C19H31NS/c1-3-10-20-19(18-11-14(2)21-13-18)17-9-8-15-6-4-5-7-16(15)12-17/h11,13,15-17,19-20H,3-10,12H2,1-2H3. The van der Waals surface area contributed by atoms with Crippen molar-refractivity contribution in [2.24, 2.45) is 17.8 Å². The van der Waals surface area contributed by atoms with Crippen molar-refractivity contribution in [3.05, 3.63) is 21.9 Å². The molecule has 0 aromatic carbocycles. The van der Waals surface area contributed by atoms with Gasteiger partial charge >= 0.3 is 0 Å². The number of aryl methyl sites for hydroxylation is 1. The summed E-state index contributed by atoms with van der Waals surface area (Å²) in [6.45, 7) is 5.67. The molecule has 118 valence electrons. The van der Waals surface area contributed by atoms with Crippen LogP contribution in [0.2, 0.25) is 0 Å². The van der Waals surface area contributed by atoms with E-state index in [4.69, 9.17) is 0 Å². The van der Waals surface area contributed by atoms with Crippen molar-refractivity contribution in [2.75, 3.05) is 6.54 Å². The first-order valence-electron chi connectivity index (χ1n) is 9.06. The summed E-state index contributed by atoms with van der Waals surface area (Å²) in [4.78, 5) is 1.46. The van der Waals surface area contributed by atoms with Gasteiger partial charge in [0, 0.05) is 10.9 Å². The maximum absolute atomic E-state index is 3.87. The topological polar surface area (TPSA) is 12.0 Å². The minimum atomic E-state index is 0.609. The van der Waals surface area contributed by atoms with E-state index in [0.29, 0.717) is 6.04 Å². The number of rotatable bonds is 5. The van der Waals surface area contributed by atoms with E-state index in [2.05, 4.69) is 30.6 Å². The number of hydrogen-bond acceptors (Lipinski definition) is 2. The number of thiophene rings is 1. The van der Waals surface area contributed by atoms with E-state index in [9.17, 15) is 0 Å². The fraction of sp³-hybridized carbons (Fsp3) is 0.789. The molecule has 1 aromatic rings. The van der Waals surface area contributed by atoms with E-state index in [1.165, 1.54) is 56.2 Å². The minimum absolute atomic E-state index is 0.609. The summed E-state index contributed by atoms with van der Waals surface area (Å²) in [6.07, 6.45) is 11.6. The molecule has 1 nitrogen and oxygen atoms in total. The molecule has 21 heavy (non-hydrogen) atoms. The van der Waals surface area contributed by atoms with Gasteiger partial charge in [0.2, 0.25) is 0 Å². The first-order chi connectivity index (χ1) is 10.3. The van der Waals surface area contributed by atoms with E-state index in [0.717, 1.165) is 24.3 Å². The summed E-state index contributed by atoms with van der Waals surface area (Å²) in [6, 6.07) is 3.03. The van der Waals surface area contributed by atoms with Gasteiger partial charge in [0.05, 0.1) is 0 Å². The maximum Gasteiger partial charge on any atom is 0.0357 e. The summed E-state index contributed by atoms with van der Waals surface area (Å²) >= 11 is 1.91. The van der Waals surface area contributed by atoms with Crippen LogP contribution in [0.4, 0.5) is 0 Å². The second-order valence-corrected chi connectivity index (χ2v) is 8.42. The Kier molecular flexibility index (Phi) is 5.39. The molecular formula is C19H31NS. The quantitative estimate of drug-likeness (QED) is 0.735. The van der Waals surface area contributed by atoms with Crippen LogP contribution >= 0.6 is 11.3 Å². The van der Waals surface area contributed by atoms with Gasteiger partial charge < -0.3 is 5.32 Å². The molecule has 0 radical (unpaired) electrons. The molecule has 4 unspecified atom stereocenters. The van der Waals surface area contributed by atoms with Crippen LogP contribution in [0.25, 0.3) is 0 Å². The zero-order chi connectivity index (χ0) is 14.7. The van der Waals surface area contributed by atoms with E-state index in [1.54, 1.807) is 5.56 Å². The average molecular weight is 306 g/mol. The molecule has 0 spiro atoms. The van der Waals surface area contributed by atoms with E-state index in [1.807, 2.05) is 11.3 Å². The van der Waals surface area contributed by atoms with Crippen LogP contribution < -0.4 is 5.32 Å². The van der Waals surface area contributed by atoms with Crippen LogP contribution in [-0.4, -0.2) is 6.54 Å². The van der Waals surface area contributed by atoms with Gasteiger partial charge in [0.1, 0.15) is 0 Å². The zero-order valence-electron chi connectivity index (χ0n) is 13.7. The van der Waals surface area contributed by atoms with Crippen molar-refractivity contribution in [1.29, 1.82) is 0 Å². The monoisotopic (exact) mass is 305 g/mol. The molecule has 1 heterocycles. The molecule has 2 aliphatic carbocycles. The van der Waals surface area contributed by atoms with Crippen molar-refractivity contribution in [3.8, 4) is 0 Å². The van der Waals surface area contributed by atoms with Crippen molar-refractivity contribution >= 4 is 11.3 Å². The lowest BCUT2D eigenvalue weighted by molar-refractivity contribution is 0.109. The molecule has 2 fully saturated rings. The zero-order valence-corrected chi connectivity index (χ0v) is 14.6. The molecule has 0 amide bonds. The predicted molar refractivity (Wildman–Crippen MR) is 92.9 cm³/mol. The smallest absolute Gasteiger partial charge is 0.0357 e. The first-order valence-corrected chi connectivity index (χ1v) is 9.94. The van der Waals surface area contributed by atoms with E-state index in [-0.39, 0.29) is 0 Å². The Morgan fingerprint density at radius 2 is 2.00 bits per heavy atom. The third-order valence-corrected chi connectivity index (χ3v) is 6.66. The van der Waals surface area contributed by atoms with Crippen molar-refractivity contribution in [2.45, 2.75) is 71.3 Å². The number of fused-ring (bicyclic) bond motifs is 1. The molecule has 2 heteroatoms. The SMILES string of the molecule is CCCNC(c1csc(C)c1)C1CCC2CCCCC2C1. The Bertz CT molecular complexity index is 439. The van der Waals surface area contributed by atoms with Crippen LogP contribution in [0.15, 0.2) is 11.4 Å². The fourth-order valence-electron chi connectivity index (χ4n) is 4.70. The molecule has 2 aliphatic rings. The van der Waals surface area contributed by atoms with Crippen molar-refractivity contribution < 1.29 is 0 Å². The largest absolute Gasteiger partial charge is 0.310 e. The van der Waals surface area contributed by atoms with Gasteiger partial charge in [-0.15, -0.1) is 11.3 Å². The Labute approximate surface area is 134 Å². The predicted octanol–water partition coefficient (Wildman–Crippen LogP) is 5.70. The minimum Gasteiger partial charge on any atom is -0.310 e. The van der Waals surface area contributed by atoms with Crippen LogP contribution in [0.5, 0.6) is 0 Å². The summed E-state index contributed by atoms with van der Waals surface area (Å²) < 4.78 is 0. The van der Waals surface area contributed by atoms with Crippen LogP contribution in [0.1, 0.15) is 74.8 Å². The normalized spacial score (nSPS) is 30.9. The molecular weight excluding hydrogens is 274 g/mol. The lowest BCUT2D eigenvalue weighted by Crippen LogP contribution is -2.35. The van der Waals surface area contributed by atoms with Crippen LogP contribution in [-0.2, 0) is 0 Å². The number of hydrogen-bond donors (Lipinski definition) is 1. The summed E-state index contributed by atoms with van der Waals surface area (Å²) in [5, 5.41) is 6.27. The molecule has 1 aromatic heterocycles. The Morgan fingerprint density at radius 3 is 2.71 bits per heavy atom. The molecule has 1 N–H and O–H groups in total. The van der Waals surface area contributed by atoms with E-state index >= 15 is 0 Å². The molecule has 0 bridgehead atoms. The summed E-state index contributed by atoms with van der Waals surface area (Å²) in [5.41, 5.74) is 1.56. The summed E-state index contributed by atoms with van der Waals surface area (Å²) in [5.74, 6) is 2.96. The summed E-state index contributed by atoms with van der Waals surface area (Å²) in [7, 11) is 0. The van der Waals surface area contributed by atoms with Crippen molar-refractivity contribution in [1.82, 2.24) is 5.32 Å². The van der Waals surface area contributed by atoms with Gasteiger partial charge in [-0.1, -0.05) is 32.6 Å². The molecule has 0 saturated heterocycles. The second-order valence-electron chi connectivity index (χ2n) is 7.30. The highest BCUT2D eigenvalue weighted by molar-refractivity contribution is 7.10. The second kappa shape index (κ2) is 7.28. The lowest BCUT2D eigenvalue weighted by atomic mass is 9.65. The lowest BCUT2D eigenvalue weighted by Gasteiger charge is -2.42. The highest BCUT2D eigenvalue weighted by Crippen LogP contribution is 2.46. The van der Waals surface area contributed by atoms with Gasteiger partial charge in [0.15, 0.2) is 0 Å². The van der Waals surface area contributed by atoms with Gasteiger partial charge in [0.25, 0.3) is 0 Å². The Balaban J connectivity index is 1.70. The van der Waals surface area contributed by atoms with Gasteiger partial charge in [-0.05, 0) is 73.9 Å². The fourth-order valence-corrected chi connectivity index (χ4v) is 5.44. The average Bonchev–Trinajstić information content (AvgIpc) is 2.94. The van der Waals surface area contributed by atoms with Gasteiger partial charge in [-0.3, -0.25) is 0 Å². The Hall–Kier alpha value is -0.340. The van der Waals surface area contributed by atoms with E-state index < -0.39 is 0 Å². The molecule has 4 atom stereocenters. The molecule has 0 aliphatic heterocycles. The third kappa shape index (κ3) is 3.71. The Morgan fingerprint density at radius 1 is 1.19 bits per heavy atom. The first kappa shape index (κ1) is 15.6. The highest BCUT2D eigenvalue weighted by atomic mass is 32.1. The van der Waals surface area contributed by atoms with Crippen LogP contribution in [0.3, 0.4) is 0 Å².